The van der Waals surface area contributed by atoms with E-state index in [1.54, 1.807) is 0 Å². The zero-order chi connectivity index (χ0) is 16.0. The number of nitrogens with two attached hydrogens (primary N) is 1. The summed E-state index contributed by atoms with van der Waals surface area (Å²) in [5.41, 5.74) is 2.20. The van der Waals surface area contributed by atoms with E-state index in [2.05, 4.69) is 36.4 Å². The predicted molar refractivity (Wildman–Crippen MR) is 82.8 cm³/mol. The summed E-state index contributed by atoms with van der Waals surface area (Å²) < 4.78 is 27.0. The predicted octanol–water partition coefficient (Wildman–Crippen LogP) is 0.180. The maximum absolute atomic E-state index is 12.2. The fraction of sp³-hybridized carbons (Fsp3) is 0.455. The molecule has 0 unspecified atom stereocenters. The van der Waals surface area contributed by atoms with Crippen molar-refractivity contribution in [1.82, 2.24) is 15.0 Å². The first-order chi connectivity index (χ1) is 9.76. The molecule has 0 aliphatic rings. The molecule has 1 aromatic heterocycles. The lowest BCUT2D eigenvalue weighted by atomic mass is 10.2. The second-order valence-corrected chi connectivity index (χ2v) is 7.32. The van der Waals surface area contributed by atoms with Gasteiger partial charge in [-0.15, -0.1) is 0 Å². The number of carbonyl (C=O) groups is 1. The van der Waals surface area contributed by atoms with Crippen molar-refractivity contribution < 1.29 is 13.2 Å². The van der Waals surface area contributed by atoms with Gasteiger partial charge in [0.05, 0.1) is 6.54 Å². The molecule has 0 fully saturated rings. The molecule has 10 heteroatoms. The molecule has 5 N–H and O–H groups in total. The van der Waals surface area contributed by atoms with Crippen LogP contribution in [-0.2, 0) is 14.8 Å². The molecule has 0 aliphatic heterocycles. The van der Waals surface area contributed by atoms with Gasteiger partial charge in [-0.3, -0.25) is 4.79 Å². The van der Waals surface area contributed by atoms with Gasteiger partial charge in [-0.25, -0.2) is 24.0 Å². The molecule has 0 radical (unpaired) electrons. The monoisotopic (exact) mass is 379 g/mol. The number of carbonyl (C=O) groups excluding carboxylic acids is 1. The maximum atomic E-state index is 12.2. The third-order valence-corrected chi connectivity index (χ3v) is 4.22. The molecular formula is C11H18BrN5O3S. The first kappa shape index (κ1) is 17.8. The van der Waals surface area contributed by atoms with Gasteiger partial charge in [0, 0.05) is 17.2 Å². The van der Waals surface area contributed by atoms with Crippen LogP contribution in [0.5, 0.6) is 0 Å². The van der Waals surface area contributed by atoms with Gasteiger partial charge >= 0.3 is 0 Å². The van der Waals surface area contributed by atoms with E-state index >= 15 is 0 Å². The van der Waals surface area contributed by atoms with Crippen molar-refractivity contribution in [1.29, 1.82) is 0 Å². The fourth-order valence-electron chi connectivity index (χ4n) is 1.35. The summed E-state index contributed by atoms with van der Waals surface area (Å²) in [7, 11) is -3.90. The third-order valence-electron chi connectivity index (χ3n) is 2.38. The molecule has 1 amide bonds. The number of nitrogens with one attached hydrogen (secondary N) is 3. The number of rotatable bonds is 7. The number of hydrogen-bond donors (Lipinski definition) is 4. The molecule has 0 bridgehead atoms. The summed E-state index contributed by atoms with van der Waals surface area (Å²) in [5.74, 6) is 5.11. The number of halogens is 1. The first-order valence-electron chi connectivity index (χ1n) is 6.14. The van der Waals surface area contributed by atoms with Crippen LogP contribution in [0.1, 0.15) is 13.8 Å². The van der Waals surface area contributed by atoms with Crippen molar-refractivity contribution in [3.05, 3.63) is 16.7 Å². The Balaban J connectivity index is 2.78. The van der Waals surface area contributed by atoms with Crippen molar-refractivity contribution >= 4 is 37.7 Å². The second-order valence-electron chi connectivity index (χ2n) is 4.67. The number of hydrazine groups is 1. The minimum absolute atomic E-state index is 0.00621. The lowest BCUT2D eigenvalue weighted by Crippen LogP contribution is -2.38. The number of nitrogens with zero attached hydrogens (tertiary/aromatic N) is 1. The lowest BCUT2D eigenvalue weighted by Gasteiger charge is -2.11. The van der Waals surface area contributed by atoms with E-state index in [9.17, 15) is 13.2 Å². The van der Waals surface area contributed by atoms with Crippen molar-refractivity contribution in [3.8, 4) is 0 Å². The van der Waals surface area contributed by atoms with Crippen molar-refractivity contribution in [2.75, 3.05) is 18.5 Å². The maximum Gasteiger partial charge on any atom is 0.244 e. The van der Waals surface area contributed by atoms with E-state index in [0.717, 1.165) is 0 Å². The van der Waals surface area contributed by atoms with Gasteiger partial charge in [0.25, 0.3) is 0 Å². The Bertz CT molecular complexity index is 606. The molecule has 1 heterocycles. The number of anilines is 1. The zero-order valence-electron chi connectivity index (χ0n) is 11.7. The second kappa shape index (κ2) is 7.69. The molecule has 0 spiro atoms. The highest BCUT2D eigenvalue weighted by Crippen LogP contribution is 2.21. The summed E-state index contributed by atoms with van der Waals surface area (Å²) in [4.78, 5) is 15.2. The standard InChI is InChI=1S/C11H18BrN5O3S/c1-7(2)4-14-10(18)6-16-21(19,20)9-3-8(12)5-15-11(9)17-13/h3,5,7,16H,4,6,13H2,1-2H3,(H,14,18)(H,15,17). The normalized spacial score (nSPS) is 11.5. The molecule has 0 saturated heterocycles. The summed E-state index contributed by atoms with van der Waals surface area (Å²) in [6.45, 7) is 4.01. The number of hydrogen-bond acceptors (Lipinski definition) is 6. The van der Waals surface area contributed by atoms with E-state index in [4.69, 9.17) is 5.84 Å². The minimum Gasteiger partial charge on any atom is -0.355 e. The van der Waals surface area contributed by atoms with Crippen molar-refractivity contribution in [3.63, 3.8) is 0 Å². The minimum atomic E-state index is -3.90. The highest BCUT2D eigenvalue weighted by atomic mass is 79.9. The van der Waals surface area contributed by atoms with E-state index in [1.165, 1.54) is 12.3 Å². The number of aromatic nitrogens is 1. The lowest BCUT2D eigenvalue weighted by molar-refractivity contribution is -0.120. The molecule has 0 saturated carbocycles. The van der Waals surface area contributed by atoms with Crippen LogP contribution in [0.4, 0.5) is 5.82 Å². The fourth-order valence-corrected chi connectivity index (χ4v) is 2.96. The average molecular weight is 380 g/mol. The van der Waals surface area contributed by atoms with Gasteiger partial charge in [-0.1, -0.05) is 13.8 Å². The number of pyridine rings is 1. The van der Waals surface area contributed by atoms with Crippen molar-refractivity contribution in [2.45, 2.75) is 18.7 Å². The Morgan fingerprint density at radius 2 is 2.14 bits per heavy atom. The van der Waals surface area contributed by atoms with Crippen LogP contribution in [0, 0.1) is 5.92 Å². The molecule has 8 nitrogen and oxygen atoms in total. The first-order valence-corrected chi connectivity index (χ1v) is 8.42. The van der Waals surface area contributed by atoms with Crippen LogP contribution < -0.4 is 21.3 Å². The Hall–Kier alpha value is -1.23. The van der Waals surface area contributed by atoms with E-state index in [0.29, 0.717) is 11.0 Å². The van der Waals surface area contributed by atoms with Crippen LogP contribution in [0.3, 0.4) is 0 Å². The molecule has 0 aliphatic carbocycles. The Morgan fingerprint density at radius 1 is 1.48 bits per heavy atom. The van der Waals surface area contributed by atoms with Gasteiger partial charge in [0.2, 0.25) is 15.9 Å². The van der Waals surface area contributed by atoms with E-state index in [1.807, 2.05) is 13.8 Å². The summed E-state index contributed by atoms with van der Waals surface area (Å²) >= 11 is 3.14. The largest absolute Gasteiger partial charge is 0.355 e. The molecule has 0 aromatic carbocycles. The molecule has 0 atom stereocenters. The Morgan fingerprint density at radius 3 is 2.71 bits per heavy atom. The van der Waals surface area contributed by atoms with Crippen LogP contribution in [0.25, 0.3) is 0 Å². The third kappa shape index (κ3) is 5.58. The smallest absolute Gasteiger partial charge is 0.244 e. The summed E-state index contributed by atoms with van der Waals surface area (Å²) in [6.07, 6.45) is 1.41. The number of amides is 1. The Kier molecular flexibility index (Phi) is 6.52. The van der Waals surface area contributed by atoms with E-state index in [-0.39, 0.29) is 23.2 Å². The quantitative estimate of drug-likeness (QED) is 0.395. The molecule has 1 aromatic rings. The van der Waals surface area contributed by atoms with Crippen LogP contribution >= 0.6 is 15.9 Å². The topological polar surface area (TPSA) is 126 Å². The van der Waals surface area contributed by atoms with Gasteiger partial charge in [0.1, 0.15) is 4.90 Å². The Labute approximate surface area is 132 Å². The highest BCUT2D eigenvalue weighted by molar-refractivity contribution is 9.10. The van der Waals surface area contributed by atoms with Gasteiger partial charge < -0.3 is 10.7 Å². The van der Waals surface area contributed by atoms with E-state index < -0.39 is 15.9 Å². The van der Waals surface area contributed by atoms with Gasteiger partial charge in [-0.2, -0.15) is 0 Å². The molecular weight excluding hydrogens is 362 g/mol. The van der Waals surface area contributed by atoms with Gasteiger partial charge in [-0.05, 0) is 27.9 Å². The highest BCUT2D eigenvalue weighted by Gasteiger charge is 2.20. The average Bonchev–Trinajstić information content (AvgIpc) is 2.43. The zero-order valence-corrected chi connectivity index (χ0v) is 14.1. The summed E-state index contributed by atoms with van der Waals surface area (Å²) in [5, 5.41) is 2.62. The number of sulfonamides is 1. The molecule has 118 valence electrons. The number of nitrogen functional groups attached to an aromatic ring is 1. The van der Waals surface area contributed by atoms with Crippen LogP contribution in [0.2, 0.25) is 0 Å². The molecule has 1 rings (SSSR count). The van der Waals surface area contributed by atoms with Crippen LogP contribution in [-0.4, -0.2) is 32.4 Å². The SMILES string of the molecule is CC(C)CNC(=O)CNS(=O)(=O)c1cc(Br)cnc1NN. The summed E-state index contributed by atoms with van der Waals surface area (Å²) in [6, 6.07) is 1.34. The van der Waals surface area contributed by atoms with Crippen LogP contribution in [0.15, 0.2) is 21.6 Å². The van der Waals surface area contributed by atoms with Crippen molar-refractivity contribution in [2.24, 2.45) is 11.8 Å². The molecule has 21 heavy (non-hydrogen) atoms. The van der Waals surface area contributed by atoms with Gasteiger partial charge in [0.15, 0.2) is 5.82 Å².